The fraction of sp³-hybridized carbons (Fsp3) is 0.778. The maximum Gasteiger partial charge on any atom is 0.200 e. The maximum atomic E-state index is 6.50. The number of hydrogen-bond donors (Lipinski definition) is 0. The fourth-order valence-corrected chi connectivity index (χ4v) is 2.57. The predicted molar refractivity (Wildman–Crippen MR) is 88.1 cm³/mol. The Morgan fingerprint density at radius 2 is 1.26 bits per heavy atom. The van der Waals surface area contributed by atoms with E-state index in [4.69, 9.17) is 23.7 Å². The van der Waals surface area contributed by atoms with Gasteiger partial charge in [-0.25, -0.2) is 0 Å². The molecule has 4 unspecified atom stereocenters. The van der Waals surface area contributed by atoms with E-state index in [0.717, 1.165) is 11.1 Å². The predicted octanol–water partition coefficient (Wildman–Crippen LogP) is 3.20. The van der Waals surface area contributed by atoms with Crippen molar-refractivity contribution in [3.8, 4) is 0 Å². The first-order valence-corrected chi connectivity index (χ1v) is 8.37. The quantitative estimate of drug-likeness (QED) is 0.313. The number of epoxide rings is 2. The normalized spacial score (nSPS) is 27.8. The standard InChI is InChI=1S/C18H30O5/c1-7-17(15-11-19-15,21-9-13(3)4)23-18(8-2,16-12-20-16)22-10-14(5)6/h15-16H,3,5,7-12H2,1-2,4,6H3. The summed E-state index contributed by atoms with van der Waals surface area (Å²) in [4.78, 5) is 0. The van der Waals surface area contributed by atoms with E-state index in [1.165, 1.54) is 0 Å². The van der Waals surface area contributed by atoms with Gasteiger partial charge >= 0.3 is 0 Å². The van der Waals surface area contributed by atoms with Crippen LogP contribution in [0.25, 0.3) is 0 Å². The highest BCUT2D eigenvalue weighted by Crippen LogP contribution is 2.42. The average molecular weight is 326 g/mol. The van der Waals surface area contributed by atoms with Gasteiger partial charge in [0.15, 0.2) is 11.6 Å². The van der Waals surface area contributed by atoms with Crippen molar-refractivity contribution >= 4 is 0 Å². The zero-order valence-electron chi connectivity index (χ0n) is 14.9. The van der Waals surface area contributed by atoms with Crippen LogP contribution in [0.3, 0.4) is 0 Å². The highest BCUT2D eigenvalue weighted by molar-refractivity contribution is 4.98. The molecule has 0 bridgehead atoms. The van der Waals surface area contributed by atoms with Crippen molar-refractivity contribution in [1.82, 2.24) is 0 Å². The lowest BCUT2D eigenvalue weighted by atomic mass is 10.1. The molecule has 5 nitrogen and oxygen atoms in total. The summed E-state index contributed by atoms with van der Waals surface area (Å²) in [5, 5.41) is 0. The molecule has 0 N–H and O–H groups in total. The van der Waals surface area contributed by atoms with Gasteiger partial charge in [0.1, 0.15) is 12.2 Å². The molecule has 2 aliphatic rings. The third-order valence-corrected chi connectivity index (χ3v) is 4.10. The summed E-state index contributed by atoms with van der Waals surface area (Å²) in [6, 6.07) is 0. The molecular formula is C18H30O5. The Kier molecular flexibility index (Phi) is 6.03. The molecule has 4 atom stereocenters. The maximum absolute atomic E-state index is 6.50. The monoisotopic (exact) mass is 326 g/mol. The highest BCUT2D eigenvalue weighted by Gasteiger charge is 2.58. The van der Waals surface area contributed by atoms with Gasteiger partial charge in [0.2, 0.25) is 0 Å². The summed E-state index contributed by atoms with van der Waals surface area (Å²) >= 11 is 0. The second kappa shape index (κ2) is 7.45. The molecule has 2 fully saturated rings. The van der Waals surface area contributed by atoms with Crippen molar-refractivity contribution in [2.75, 3.05) is 26.4 Å². The molecule has 23 heavy (non-hydrogen) atoms. The minimum atomic E-state index is -0.837. The fourth-order valence-electron chi connectivity index (χ4n) is 2.57. The van der Waals surface area contributed by atoms with Crippen LogP contribution in [0.2, 0.25) is 0 Å². The molecule has 2 saturated heterocycles. The Labute approximate surface area is 139 Å². The molecule has 0 aromatic heterocycles. The number of rotatable bonds is 12. The Hall–Kier alpha value is -0.720. The molecular weight excluding hydrogens is 296 g/mol. The van der Waals surface area contributed by atoms with Crippen LogP contribution in [0.1, 0.15) is 40.5 Å². The first-order chi connectivity index (χ1) is 10.9. The Balaban J connectivity index is 2.18. The Morgan fingerprint density at radius 3 is 1.48 bits per heavy atom. The van der Waals surface area contributed by atoms with Crippen LogP contribution in [0.4, 0.5) is 0 Å². The minimum absolute atomic E-state index is 0.0787. The molecule has 0 aromatic rings. The van der Waals surface area contributed by atoms with Crippen molar-refractivity contribution in [1.29, 1.82) is 0 Å². The van der Waals surface area contributed by atoms with E-state index in [1.807, 2.05) is 27.7 Å². The van der Waals surface area contributed by atoms with E-state index in [-0.39, 0.29) is 12.2 Å². The van der Waals surface area contributed by atoms with Crippen molar-refractivity contribution in [2.24, 2.45) is 0 Å². The molecule has 2 aliphatic heterocycles. The van der Waals surface area contributed by atoms with E-state index >= 15 is 0 Å². The van der Waals surface area contributed by atoms with Crippen LogP contribution in [0.5, 0.6) is 0 Å². The lowest BCUT2D eigenvalue weighted by Crippen LogP contribution is -2.54. The van der Waals surface area contributed by atoms with E-state index in [9.17, 15) is 0 Å². The molecule has 0 saturated carbocycles. The third-order valence-electron chi connectivity index (χ3n) is 4.10. The third kappa shape index (κ3) is 4.64. The van der Waals surface area contributed by atoms with E-state index in [1.54, 1.807) is 0 Å². The molecule has 132 valence electrons. The van der Waals surface area contributed by atoms with Crippen molar-refractivity contribution in [2.45, 2.75) is 64.3 Å². The number of hydrogen-bond acceptors (Lipinski definition) is 5. The van der Waals surface area contributed by atoms with Crippen LogP contribution >= 0.6 is 0 Å². The van der Waals surface area contributed by atoms with Crippen LogP contribution in [0, 0.1) is 0 Å². The highest BCUT2D eigenvalue weighted by atomic mass is 16.8. The average Bonchev–Trinajstić information content (AvgIpc) is 3.38. The first-order valence-electron chi connectivity index (χ1n) is 8.37. The minimum Gasteiger partial charge on any atom is -0.367 e. The zero-order chi connectivity index (χ0) is 17.1. The van der Waals surface area contributed by atoms with Gasteiger partial charge < -0.3 is 23.7 Å². The van der Waals surface area contributed by atoms with E-state index in [2.05, 4.69) is 13.2 Å². The van der Waals surface area contributed by atoms with Crippen LogP contribution in [0.15, 0.2) is 24.3 Å². The van der Waals surface area contributed by atoms with Crippen LogP contribution in [-0.2, 0) is 23.7 Å². The number of ether oxygens (including phenoxy) is 5. The van der Waals surface area contributed by atoms with Gasteiger partial charge in [0.25, 0.3) is 0 Å². The summed E-state index contributed by atoms with van der Waals surface area (Å²) in [6.07, 6.45) is 1.17. The van der Waals surface area contributed by atoms with Gasteiger partial charge in [-0.15, -0.1) is 0 Å². The van der Waals surface area contributed by atoms with Crippen molar-refractivity contribution in [3.63, 3.8) is 0 Å². The zero-order valence-corrected chi connectivity index (χ0v) is 14.9. The second-order valence-corrected chi connectivity index (χ2v) is 6.57. The van der Waals surface area contributed by atoms with E-state index < -0.39 is 11.6 Å². The molecule has 0 aromatic carbocycles. The van der Waals surface area contributed by atoms with Gasteiger partial charge in [-0.2, -0.15) is 0 Å². The second-order valence-electron chi connectivity index (χ2n) is 6.57. The topological polar surface area (TPSA) is 52.8 Å². The van der Waals surface area contributed by atoms with Crippen molar-refractivity contribution < 1.29 is 23.7 Å². The van der Waals surface area contributed by atoms with E-state index in [0.29, 0.717) is 39.3 Å². The molecule has 5 heteroatoms. The van der Waals surface area contributed by atoms with Gasteiger partial charge in [0, 0.05) is 12.8 Å². The Morgan fingerprint density at radius 1 is 0.913 bits per heavy atom. The van der Waals surface area contributed by atoms with Crippen LogP contribution < -0.4 is 0 Å². The molecule has 0 aliphatic carbocycles. The molecule has 0 radical (unpaired) electrons. The smallest absolute Gasteiger partial charge is 0.200 e. The molecule has 2 heterocycles. The summed E-state index contributed by atoms with van der Waals surface area (Å²) in [5.74, 6) is -1.67. The van der Waals surface area contributed by atoms with Crippen LogP contribution in [-0.4, -0.2) is 50.2 Å². The molecule has 0 spiro atoms. The Bertz CT molecular complexity index is 401. The van der Waals surface area contributed by atoms with Gasteiger partial charge in [-0.3, -0.25) is 0 Å². The SMILES string of the molecule is C=C(C)COC(CC)(OC(CC)(OCC(=C)C)C1CO1)C1CO1. The van der Waals surface area contributed by atoms with Crippen molar-refractivity contribution in [3.05, 3.63) is 24.3 Å². The largest absolute Gasteiger partial charge is 0.367 e. The molecule has 2 rings (SSSR count). The summed E-state index contributed by atoms with van der Waals surface area (Å²) in [6.45, 7) is 17.9. The summed E-state index contributed by atoms with van der Waals surface area (Å²) < 4.78 is 29.7. The van der Waals surface area contributed by atoms with Gasteiger partial charge in [0.05, 0.1) is 26.4 Å². The first kappa shape index (κ1) is 18.6. The molecule has 0 amide bonds. The van der Waals surface area contributed by atoms with Gasteiger partial charge in [-0.1, -0.05) is 38.2 Å². The summed E-state index contributed by atoms with van der Waals surface area (Å²) in [7, 11) is 0. The summed E-state index contributed by atoms with van der Waals surface area (Å²) in [5.41, 5.74) is 1.89. The van der Waals surface area contributed by atoms with Gasteiger partial charge in [-0.05, 0) is 13.8 Å². The lowest BCUT2D eigenvalue weighted by molar-refractivity contribution is -0.368. The lowest BCUT2D eigenvalue weighted by Gasteiger charge is -2.41.